The Labute approximate surface area is 210 Å². The Morgan fingerprint density at radius 1 is 0.676 bits per heavy atom. The second kappa shape index (κ2) is 7.74. The van der Waals surface area contributed by atoms with Crippen LogP contribution in [0.25, 0.3) is 31.3 Å². The number of nitro groups is 2. The standard InChI is InChI=1S/C23H12F6N2O4S2/c1-9-17(13-5-3-11(30(32)33)7-15(13)36-9)19-20(22(26,27)23(28,29)21(19,24)25)18-10(2)37-16-8-12(31(34)35)4-6-14(16)18/h3-8H,1-2H3. The van der Waals surface area contributed by atoms with Gasteiger partial charge in [-0.15, -0.1) is 22.7 Å². The monoisotopic (exact) mass is 558 g/mol. The van der Waals surface area contributed by atoms with E-state index in [-0.39, 0.29) is 41.3 Å². The molecule has 0 saturated carbocycles. The fourth-order valence-corrected chi connectivity index (χ4v) is 6.86. The maximum absolute atomic E-state index is 15.4. The minimum absolute atomic E-state index is 0.0102. The van der Waals surface area contributed by atoms with Crippen LogP contribution in [0, 0.1) is 34.1 Å². The van der Waals surface area contributed by atoms with Crippen LogP contribution in [0.1, 0.15) is 20.9 Å². The van der Waals surface area contributed by atoms with Gasteiger partial charge in [0.1, 0.15) is 0 Å². The second-order valence-corrected chi connectivity index (χ2v) is 10.9. The molecule has 1 aliphatic rings. The van der Waals surface area contributed by atoms with Crippen molar-refractivity contribution in [2.75, 3.05) is 0 Å². The fourth-order valence-electron chi connectivity index (χ4n) is 4.65. The van der Waals surface area contributed by atoms with Crippen molar-refractivity contribution in [3.8, 4) is 0 Å². The molecule has 192 valence electrons. The topological polar surface area (TPSA) is 86.3 Å². The lowest BCUT2D eigenvalue weighted by Crippen LogP contribution is -2.48. The Morgan fingerprint density at radius 2 is 1.03 bits per heavy atom. The highest BCUT2D eigenvalue weighted by Crippen LogP contribution is 2.67. The van der Waals surface area contributed by atoms with E-state index in [0.717, 1.165) is 59.1 Å². The van der Waals surface area contributed by atoms with Crippen molar-refractivity contribution >= 4 is 65.4 Å². The summed E-state index contributed by atoms with van der Waals surface area (Å²) < 4.78 is 91.6. The molecule has 37 heavy (non-hydrogen) atoms. The van der Waals surface area contributed by atoms with Crippen LogP contribution in [-0.2, 0) is 0 Å². The molecule has 4 aromatic rings. The van der Waals surface area contributed by atoms with E-state index < -0.39 is 49.9 Å². The molecule has 0 fully saturated rings. The van der Waals surface area contributed by atoms with Gasteiger partial charge >= 0.3 is 17.8 Å². The Kier molecular flexibility index (Phi) is 5.26. The van der Waals surface area contributed by atoms with Crippen molar-refractivity contribution < 1.29 is 36.2 Å². The maximum atomic E-state index is 15.4. The first-order valence-electron chi connectivity index (χ1n) is 10.4. The Morgan fingerprint density at radius 3 is 1.35 bits per heavy atom. The van der Waals surface area contributed by atoms with Gasteiger partial charge in [0.25, 0.3) is 11.4 Å². The highest BCUT2D eigenvalue weighted by Gasteiger charge is 2.80. The van der Waals surface area contributed by atoms with Gasteiger partial charge in [-0.2, -0.15) is 26.3 Å². The van der Waals surface area contributed by atoms with Gasteiger partial charge < -0.3 is 0 Å². The first-order chi connectivity index (χ1) is 17.1. The van der Waals surface area contributed by atoms with E-state index in [0.29, 0.717) is 0 Å². The third-order valence-corrected chi connectivity index (χ3v) is 8.42. The van der Waals surface area contributed by atoms with Crippen molar-refractivity contribution in [3.63, 3.8) is 0 Å². The number of nitrogens with zero attached hydrogens (tertiary/aromatic N) is 2. The SMILES string of the molecule is Cc1sc2cc([N+](=O)[O-])ccc2c1C1=C(c2c(C)sc3cc([N+](=O)[O-])ccc23)C(F)(F)C(F)(F)C1(F)F. The molecular formula is C23H12F6N2O4S2. The molecule has 0 aliphatic heterocycles. The molecule has 14 heteroatoms. The molecule has 0 amide bonds. The molecule has 0 bridgehead atoms. The van der Waals surface area contributed by atoms with Crippen LogP contribution in [-0.4, -0.2) is 27.6 Å². The van der Waals surface area contributed by atoms with Gasteiger partial charge in [0.15, 0.2) is 0 Å². The van der Waals surface area contributed by atoms with Gasteiger partial charge in [0, 0.05) is 76.5 Å². The molecule has 2 aromatic heterocycles. The van der Waals surface area contributed by atoms with Crippen molar-refractivity contribution in [2.45, 2.75) is 31.6 Å². The largest absolute Gasteiger partial charge is 0.380 e. The van der Waals surface area contributed by atoms with Crippen LogP contribution in [0.5, 0.6) is 0 Å². The predicted octanol–water partition coefficient (Wildman–Crippen LogP) is 8.38. The number of rotatable bonds is 4. The number of hydrogen-bond donors (Lipinski definition) is 0. The van der Waals surface area contributed by atoms with Crippen LogP contribution in [0.3, 0.4) is 0 Å². The van der Waals surface area contributed by atoms with Crippen LogP contribution in [0.15, 0.2) is 36.4 Å². The first kappa shape index (κ1) is 25.1. The van der Waals surface area contributed by atoms with E-state index in [1.54, 1.807) is 0 Å². The van der Waals surface area contributed by atoms with Crippen molar-refractivity contribution in [3.05, 3.63) is 77.5 Å². The summed E-state index contributed by atoms with van der Waals surface area (Å²) in [7, 11) is 0. The van der Waals surface area contributed by atoms with E-state index in [1.807, 2.05) is 0 Å². The maximum Gasteiger partial charge on any atom is 0.380 e. The number of hydrogen-bond acceptors (Lipinski definition) is 6. The average molecular weight is 558 g/mol. The van der Waals surface area contributed by atoms with Gasteiger partial charge in [-0.25, -0.2) is 0 Å². The molecule has 6 nitrogen and oxygen atoms in total. The van der Waals surface area contributed by atoms with Crippen LogP contribution in [0.2, 0.25) is 0 Å². The molecule has 0 saturated heterocycles. The molecule has 1 aliphatic carbocycles. The third kappa shape index (κ3) is 3.24. The molecule has 2 heterocycles. The fraction of sp³-hybridized carbons (Fsp3) is 0.217. The summed E-state index contributed by atoms with van der Waals surface area (Å²) in [5.74, 6) is -16.4. The van der Waals surface area contributed by atoms with Crippen molar-refractivity contribution in [1.82, 2.24) is 0 Å². The lowest BCUT2D eigenvalue weighted by Gasteiger charge is -2.26. The molecule has 0 N–H and O–H groups in total. The number of alkyl halides is 6. The summed E-state index contributed by atoms with van der Waals surface area (Å²) in [5, 5.41) is 22.1. The van der Waals surface area contributed by atoms with Gasteiger partial charge in [-0.05, 0) is 26.0 Å². The molecule has 0 radical (unpaired) electrons. The Bertz CT molecular complexity index is 1580. The van der Waals surface area contributed by atoms with E-state index >= 15 is 17.6 Å². The summed E-state index contributed by atoms with van der Waals surface area (Å²) in [6.45, 7) is 2.56. The zero-order chi connectivity index (χ0) is 27.2. The predicted molar refractivity (Wildman–Crippen MR) is 128 cm³/mol. The summed E-state index contributed by atoms with van der Waals surface area (Å²) in [4.78, 5) is 20.8. The van der Waals surface area contributed by atoms with Crippen LogP contribution < -0.4 is 0 Å². The second-order valence-electron chi connectivity index (χ2n) is 8.41. The highest BCUT2D eigenvalue weighted by molar-refractivity contribution is 7.19. The molecule has 0 spiro atoms. The zero-order valence-electron chi connectivity index (χ0n) is 18.6. The number of benzene rings is 2. The normalized spacial score (nSPS) is 18.2. The lowest BCUT2D eigenvalue weighted by atomic mass is 9.91. The number of nitro benzene ring substituents is 2. The molecule has 2 aromatic carbocycles. The van der Waals surface area contributed by atoms with Crippen molar-refractivity contribution in [2.24, 2.45) is 0 Å². The lowest BCUT2D eigenvalue weighted by molar-refractivity contribution is -0.384. The summed E-state index contributed by atoms with van der Waals surface area (Å²) in [6, 6.07) is 6.22. The first-order valence-corrected chi connectivity index (χ1v) is 12.0. The van der Waals surface area contributed by atoms with E-state index in [4.69, 9.17) is 0 Å². The molecular weight excluding hydrogens is 546 g/mol. The van der Waals surface area contributed by atoms with Gasteiger partial charge in [-0.1, -0.05) is 0 Å². The zero-order valence-corrected chi connectivity index (χ0v) is 20.2. The van der Waals surface area contributed by atoms with Gasteiger partial charge in [0.2, 0.25) is 0 Å². The number of non-ortho nitro benzene ring substituents is 2. The van der Waals surface area contributed by atoms with E-state index in [2.05, 4.69) is 0 Å². The number of thiophene rings is 2. The van der Waals surface area contributed by atoms with E-state index in [9.17, 15) is 29.0 Å². The number of fused-ring (bicyclic) bond motifs is 2. The summed E-state index contributed by atoms with van der Waals surface area (Å²) in [5.41, 5.74) is -5.00. The third-order valence-electron chi connectivity index (χ3n) is 6.29. The van der Waals surface area contributed by atoms with Gasteiger partial charge in [0.05, 0.1) is 9.85 Å². The average Bonchev–Trinajstić information content (AvgIpc) is 3.33. The number of aryl methyl sites for hydroxylation is 2. The van der Waals surface area contributed by atoms with Crippen molar-refractivity contribution in [1.29, 1.82) is 0 Å². The van der Waals surface area contributed by atoms with Crippen LogP contribution >= 0.6 is 22.7 Å². The highest BCUT2D eigenvalue weighted by atomic mass is 32.1. The minimum Gasteiger partial charge on any atom is -0.258 e. The Hall–Kier alpha value is -3.52. The number of allylic oxidation sites excluding steroid dienone is 2. The van der Waals surface area contributed by atoms with Crippen LogP contribution in [0.4, 0.5) is 37.7 Å². The molecule has 0 atom stereocenters. The molecule has 5 rings (SSSR count). The smallest absolute Gasteiger partial charge is 0.258 e. The number of halogens is 6. The van der Waals surface area contributed by atoms with E-state index in [1.165, 1.54) is 13.8 Å². The minimum atomic E-state index is -5.80. The Balaban J connectivity index is 1.93. The van der Waals surface area contributed by atoms with Gasteiger partial charge in [-0.3, -0.25) is 20.2 Å². The summed E-state index contributed by atoms with van der Waals surface area (Å²) >= 11 is 1.55. The quantitative estimate of drug-likeness (QED) is 0.143. The summed E-state index contributed by atoms with van der Waals surface area (Å²) in [6.07, 6.45) is 0. The molecule has 0 unspecified atom stereocenters.